The Balaban J connectivity index is 0.000000423. The first-order valence-corrected chi connectivity index (χ1v) is 11.5. The van der Waals surface area contributed by atoms with Crippen LogP contribution in [-0.2, 0) is 20.4 Å². The SMILES string of the molecule is CC1(Oc2cc(F)c(S(=O)(=O)Cc3cscn3)cc2Cl)CCNC1.O=C(O)C(F)(F)F. The largest absolute Gasteiger partial charge is 0.490 e. The monoisotopic (exact) mass is 504 g/mol. The summed E-state index contributed by atoms with van der Waals surface area (Å²) in [7, 11) is -3.88. The van der Waals surface area contributed by atoms with Crippen LogP contribution >= 0.6 is 22.9 Å². The standard InChI is InChI=1S/C15H16ClFN2O3S2.C2HF3O2/c1-15(2-3-18-8-15)22-13-5-12(17)14(4-11(13)16)24(20,21)7-10-6-23-9-19-10;3-2(4,5)1(6)7/h4-6,9,18H,2-3,7-8H2,1H3;(H,6,7). The first-order valence-electron chi connectivity index (χ1n) is 8.52. The summed E-state index contributed by atoms with van der Waals surface area (Å²) < 4.78 is 76.8. The molecule has 0 bridgehead atoms. The Labute approximate surface area is 183 Å². The highest BCUT2D eigenvalue weighted by molar-refractivity contribution is 7.90. The lowest BCUT2D eigenvalue weighted by atomic mass is 10.1. The molecule has 2 aromatic rings. The van der Waals surface area contributed by atoms with E-state index in [-0.39, 0.29) is 16.5 Å². The van der Waals surface area contributed by atoms with Gasteiger partial charge >= 0.3 is 12.1 Å². The highest BCUT2D eigenvalue weighted by Crippen LogP contribution is 2.34. The zero-order valence-corrected chi connectivity index (χ0v) is 18.3. The molecule has 0 radical (unpaired) electrons. The number of nitrogens with zero attached hydrogens (tertiary/aromatic N) is 1. The summed E-state index contributed by atoms with van der Waals surface area (Å²) in [5.74, 6) is -3.86. The third-order valence-corrected chi connectivity index (χ3v) is 6.66. The number of halogens is 5. The summed E-state index contributed by atoms with van der Waals surface area (Å²) >= 11 is 7.42. The first kappa shape index (κ1) is 25.3. The third-order valence-electron chi connectivity index (χ3n) is 4.07. The van der Waals surface area contributed by atoms with Gasteiger partial charge < -0.3 is 15.2 Å². The fraction of sp³-hybridized carbons (Fsp3) is 0.412. The van der Waals surface area contributed by atoms with E-state index < -0.39 is 38.3 Å². The summed E-state index contributed by atoms with van der Waals surface area (Å²) in [5.41, 5.74) is 1.42. The number of carboxylic acid groups (broad SMARTS) is 1. The molecule has 0 aliphatic carbocycles. The number of benzene rings is 1. The van der Waals surface area contributed by atoms with Gasteiger partial charge in [-0.25, -0.2) is 22.6 Å². The third kappa shape index (κ3) is 7.02. The van der Waals surface area contributed by atoms with Crippen molar-refractivity contribution in [2.24, 2.45) is 0 Å². The summed E-state index contributed by atoms with van der Waals surface area (Å²) in [6.45, 7) is 3.32. The molecule has 0 saturated carbocycles. The van der Waals surface area contributed by atoms with Crippen molar-refractivity contribution in [3.05, 3.63) is 39.6 Å². The average molecular weight is 505 g/mol. The van der Waals surface area contributed by atoms with E-state index in [4.69, 9.17) is 26.2 Å². The van der Waals surface area contributed by atoms with Crippen LogP contribution < -0.4 is 10.1 Å². The summed E-state index contributed by atoms with van der Waals surface area (Å²) in [5, 5.41) is 12.0. The van der Waals surface area contributed by atoms with Gasteiger partial charge in [-0.05, 0) is 19.5 Å². The van der Waals surface area contributed by atoms with Gasteiger partial charge in [-0.3, -0.25) is 0 Å². The second-order valence-electron chi connectivity index (χ2n) is 6.73. The number of aromatic nitrogens is 1. The van der Waals surface area contributed by atoms with Gasteiger partial charge in [0.2, 0.25) is 0 Å². The number of alkyl halides is 3. The maximum Gasteiger partial charge on any atom is 0.490 e. The minimum absolute atomic E-state index is 0.0707. The number of hydrogen-bond acceptors (Lipinski definition) is 7. The highest BCUT2D eigenvalue weighted by Gasteiger charge is 2.38. The van der Waals surface area contributed by atoms with Gasteiger partial charge in [0.05, 0.1) is 22.0 Å². The number of hydrogen-bond donors (Lipinski definition) is 2. The lowest BCUT2D eigenvalue weighted by Gasteiger charge is -2.25. The van der Waals surface area contributed by atoms with Crippen LogP contribution in [0.15, 0.2) is 27.9 Å². The van der Waals surface area contributed by atoms with Crippen molar-refractivity contribution in [1.29, 1.82) is 0 Å². The second kappa shape index (κ2) is 9.67. The quantitative estimate of drug-likeness (QED) is 0.598. The Morgan fingerprint density at radius 2 is 2.06 bits per heavy atom. The normalized spacial score (nSPS) is 18.9. The summed E-state index contributed by atoms with van der Waals surface area (Å²) in [6, 6.07) is 2.15. The Bertz CT molecular complexity index is 1020. The van der Waals surface area contributed by atoms with E-state index in [2.05, 4.69) is 10.3 Å². The van der Waals surface area contributed by atoms with Crippen LogP contribution in [0.5, 0.6) is 5.75 Å². The number of carbonyl (C=O) groups is 1. The number of nitrogens with one attached hydrogen (secondary N) is 1. The van der Waals surface area contributed by atoms with Gasteiger partial charge in [0.25, 0.3) is 0 Å². The molecule has 2 heterocycles. The van der Waals surface area contributed by atoms with Gasteiger partial charge in [-0.15, -0.1) is 11.3 Å². The van der Waals surface area contributed by atoms with E-state index in [1.807, 2.05) is 6.92 Å². The van der Waals surface area contributed by atoms with Crippen molar-refractivity contribution >= 4 is 38.7 Å². The van der Waals surface area contributed by atoms with E-state index >= 15 is 0 Å². The van der Waals surface area contributed by atoms with E-state index in [1.54, 1.807) is 5.38 Å². The predicted molar refractivity (Wildman–Crippen MR) is 105 cm³/mol. The van der Waals surface area contributed by atoms with E-state index in [1.165, 1.54) is 16.8 Å². The molecule has 1 fully saturated rings. The van der Waals surface area contributed by atoms with Gasteiger partial charge in [0, 0.05) is 24.4 Å². The first-order chi connectivity index (χ1) is 14.2. The molecular weight excluding hydrogens is 488 g/mol. The molecule has 0 amide bonds. The fourth-order valence-corrected chi connectivity index (χ4v) is 4.84. The topological polar surface area (TPSA) is 106 Å². The molecule has 31 heavy (non-hydrogen) atoms. The van der Waals surface area contributed by atoms with Crippen molar-refractivity contribution in [2.75, 3.05) is 13.1 Å². The number of thiazole rings is 1. The molecule has 1 unspecified atom stereocenters. The van der Waals surface area contributed by atoms with Gasteiger partial charge in [-0.2, -0.15) is 13.2 Å². The van der Waals surface area contributed by atoms with Crippen molar-refractivity contribution in [1.82, 2.24) is 10.3 Å². The van der Waals surface area contributed by atoms with Gasteiger partial charge in [-0.1, -0.05) is 11.6 Å². The molecule has 1 aliphatic heterocycles. The van der Waals surface area contributed by atoms with Crippen LogP contribution in [0, 0.1) is 5.82 Å². The van der Waals surface area contributed by atoms with Crippen LogP contribution in [0.1, 0.15) is 19.0 Å². The Hall–Kier alpha value is -1.96. The molecule has 1 aliphatic rings. The summed E-state index contributed by atoms with van der Waals surface area (Å²) in [6.07, 6.45) is -4.32. The van der Waals surface area contributed by atoms with E-state index in [0.29, 0.717) is 12.2 Å². The van der Waals surface area contributed by atoms with Crippen molar-refractivity contribution in [2.45, 2.75) is 35.8 Å². The zero-order valence-electron chi connectivity index (χ0n) is 15.9. The molecule has 172 valence electrons. The number of carboxylic acids is 1. The smallest absolute Gasteiger partial charge is 0.485 e. The van der Waals surface area contributed by atoms with E-state index in [0.717, 1.165) is 25.1 Å². The Morgan fingerprint density at radius 1 is 1.42 bits per heavy atom. The molecule has 14 heteroatoms. The van der Waals surface area contributed by atoms with Crippen LogP contribution in [-0.4, -0.2) is 49.3 Å². The van der Waals surface area contributed by atoms with Crippen molar-refractivity contribution in [3.63, 3.8) is 0 Å². The maximum absolute atomic E-state index is 14.4. The lowest BCUT2D eigenvalue weighted by molar-refractivity contribution is -0.192. The van der Waals surface area contributed by atoms with Crippen LogP contribution in [0.25, 0.3) is 0 Å². The fourth-order valence-electron chi connectivity index (χ4n) is 2.55. The van der Waals surface area contributed by atoms with Gasteiger partial charge in [0.1, 0.15) is 22.1 Å². The van der Waals surface area contributed by atoms with Crippen LogP contribution in [0.4, 0.5) is 17.6 Å². The molecule has 0 spiro atoms. The minimum Gasteiger partial charge on any atom is -0.485 e. The van der Waals surface area contributed by atoms with Crippen LogP contribution in [0.2, 0.25) is 5.02 Å². The number of sulfone groups is 1. The lowest BCUT2D eigenvalue weighted by Crippen LogP contribution is -2.34. The molecule has 1 atom stereocenters. The molecule has 1 saturated heterocycles. The number of ether oxygens (including phenoxy) is 1. The van der Waals surface area contributed by atoms with Crippen molar-refractivity contribution < 1.29 is 40.6 Å². The maximum atomic E-state index is 14.4. The zero-order chi connectivity index (χ0) is 23.4. The Kier molecular flexibility index (Phi) is 7.89. The predicted octanol–water partition coefficient (Wildman–Crippen LogP) is 3.67. The average Bonchev–Trinajstić information content (AvgIpc) is 3.29. The summed E-state index contributed by atoms with van der Waals surface area (Å²) in [4.78, 5) is 12.4. The minimum atomic E-state index is -5.08. The highest BCUT2D eigenvalue weighted by atomic mass is 35.5. The Morgan fingerprint density at radius 3 is 2.55 bits per heavy atom. The van der Waals surface area contributed by atoms with Crippen LogP contribution in [0.3, 0.4) is 0 Å². The molecule has 1 aromatic carbocycles. The van der Waals surface area contributed by atoms with Crippen molar-refractivity contribution in [3.8, 4) is 5.75 Å². The number of rotatable bonds is 5. The second-order valence-corrected chi connectivity index (χ2v) is 9.82. The molecule has 2 N–H and O–H groups in total. The molecular formula is C17H17ClF4N2O5S2. The van der Waals surface area contributed by atoms with Gasteiger partial charge in [0.15, 0.2) is 9.84 Å². The molecule has 3 rings (SSSR count). The number of aliphatic carboxylic acids is 1. The van der Waals surface area contributed by atoms with E-state index in [9.17, 15) is 26.0 Å². The molecule has 7 nitrogen and oxygen atoms in total. The molecule has 1 aromatic heterocycles.